The second-order valence-electron chi connectivity index (χ2n) is 4.58. The highest BCUT2D eigenvalue weighted by atomic mass is 19.1. The molecule has 1 aliphatic heterocycles. The molecule has 4 nitrogen and oxygen atoms in total. The molecule has 0 aliphatic carbocycles. The zero-order chi connectivity index (χ0) is 13.4. The Hall–Kier alpha value is -2.14. The second-order valence-corrected chi connectivity index (χ2v) is 4.58. The summed E-state index contributed by atoms with van der Waals surface area (Å²) in [6.45, 7) is 0.401. The summed E-state index contributed by atoms with van der Waals surface area (Å²) >= 11 is 0. The normalized spacial score (nSPS) is 22.4. The van der Waals surface area contributed by atoms with E-state index in [1.165, 1.54) is 12.1 Å². The molecular weight excluding hydrogens is 247 g/mol. The molecule has 2 N–H and O–H groups in total. The second kappa shape index (κ2) is 4.51. The van der Waals surface area contributed by atoms with Crippen molar-refractivity contribution in [3.05, 3.63) is 59.8 Å². The maximum Gasteiger partial charge on any atom is 0.243 e. The third kappa shape index (κ3) is 2.02. The Balaban J connectivity index is 1.79. The van der Waals surface area contributed by atoms with Crippen LogP contribution in [0, 0.1) is 5.82 Å². The van der Waals surface area contributed by atoms with E-state index in [0.717, 1.165) is 5.56 Å². The van der Waals surface area contributed by atoms with Crippen molar-refractivity contribution >= 4 is 5.91 Å². The van der Waals surface area contributed by atoms with Gasteiger partial charge in [0, 0.05) is 6.54 Å². The summed E-state index contributed by atoms with van der Waals surface area (Å²) in [6, 6.07) is 8.83. The van der Waals surface area contributed by atoms with E-state index in [0.29, 0.717) is 12.3 Å². The predicted molar refractivity (Wildman–Crippen MR) is 66.4 cm³/mol. The Morgan fingerprint density at radius 2 is 2.00 bits per heavy atom. The summed E-state index contributed by atoms with van der Waals surface area (Å²) in [7, 11) is 0. The SMILES string of the molecule is N[C@H]1C(=O)N(Cc2ccc(F)cc2)[C@H]1c1ccco1. The number of β-lactam (4-membered cyclic amide) rings is 1. The topological polar surface area (TPSA) is 59.5 Å². The van der Waals surface area contributed by atoms with Crippen molar-refractivity contribution in [1.82, 2.24) is 4.90 Å². The molecule has 1 aliphatic rings. The predicted octanol–water partition coefficient (Wildman–Crippen LogP) is 1.83. The Morgan fingerprint density at radius 3 is 2.63 bits per heavy atom. The molecule has 19 heavy (non-hydrogen) atoms. The van der Waals surface area contributed by atoms with E-state index in [4.69, 9.17) is 10.2 Å². The maximum atomic E-state index is 12.8. The minimum atomic E-state index is -0.563. The van der Waals surface area contributed by atoms with Gasteiger partial charge < -0.3 is 15.1 Å². The number of nitrogens with two attached hydrogens (primary N) is 1. The van der Waals surface area contributed by atoms with Crippen LogP contribution in [0.3, 0.4) is 0 Å². The van der Waals surface area contributed by atoms with Gasteiger partial charge in [0.1, 0.15) is 23.7 Å². The van der Waals surface area contributed by atoms with E-state index in [-0.39, 0.29) is 17.8 Å². The molecule has 2 atom stereocenters. The smallest absolute Gasteiger partial charge is 0.243 e. The van der Waals surface area contributed by atoms with Gasteiger partial charge in [0.05, 0.1) is 6.26 Å². The zero-order valence-corrected chi connectivity index (χ0v) is 10.1. The lowest BCUT2D eigenvalue weighted by atomic mass is 9.93. The highest BCUT2D eigenvalue weighted by molar-refractivity contribution is 5.89. The molecular formula is C14H13FN2O2. The quantitative estimate of drug-likeness (QED) is 0.856. The number of amides is 1. The van der Waals surface area contributed by atoms with Crippen LogP contribution in [0.2, 0.25) is 0 Å². The van der Waals surface area contributed by atoms with Crippen LogP contribution in [0.1, 0.15) is 17.4 Å². The molecule has 0 unspecified atom stereocenters. The van der Waals surface area contributed by atoms with Gasteiger partial charge >= 0.3 is 0 Å². The number of halogens is 1. The van der Waals surface area contributed by atoms with E-state index < -0.39 is 6.04 Å². The first kappa shape index (κ1) is 11.9. The van der Waals surface area contributed by atoms with Crippen molar-refractivity contribution in [2.45, 2.75) is 18.6 Å². The first-order chi connectivity index (χ1) is 9.16. The summed E-state index contributed by atoms with van der Waals surface area (Å²) in [5.41, 5.74) is 6.67. The maximum absolute atomic E-state index is 12.8. The van der Waals surface area contributed by atoms with Gasteiger partial charge in [-0.3, -0.25) is 4.79 Å². The molecule has 1 saturated heterocycles. The number of carbonyl (C=O) groups excluding carboxylic acids is 1. The average molecular weight is 260 g/mol. The third-order valence-electron chi connectivity index (χ3n) is 3.35. The minimum Gasteiger partial charge on any atom is -0.467 e. The Morgan fingerprint density at radius 1 is 1.26 bits per heavy atom. The lowest BCUT2D eigenvalue weighted by Gasteiger charge is -2.44. The Kier molecular flexibility index (Phi) is 2.83. The molecule has 1 fully saturated rings. The van der Waals surface area contributed by atoms with Gasteiger partial charge in [-0.25, -0.2) is 4.39 Å². The van der Waals surface area contributed by atoms with Crippen molar-refractivity contribution in [1.29, 1.82) is 0 Å². The highest BCUT2D eigenvalue weighted by Crippen LogP contribution is 2.35. The van der Waals surface area contributed by atoms with Gasteiger partial charge in [0.15, 0.2) is 0 Å². The molecule has 1 aromatic carbocycles. The number of rotatable bonds is 3. The van der Waals surface area contributed by atoms with Crippen molar-refractivity contribution in [2.24, 2.45) is 5.73 Å². The largest absolute Gasteiger partial charge is 0.467 e. The van der Waals surface area contributed by atoms with Crippen LogP contribution in [0.25, 0.3) is 0 Å². The van der Waals surface area contributed by atoms with Crippen LogP contribution < -0.4 is 5.73 Å². The van der Waals surface area contributed by atoms with Gasteiger partial charge in [0.25, 0.3) is 0 Å². The Labute approximate surface area is 109 Å². The molecule has 98 valence electrons. The first-order valence-corrected chi connectivity index (χ1v) is 6.01. The molecule has 0 saturated carbocycles. The van der Waals surface area contributed by atoms with Gasteiger partial charge in [-0.05, 0) is 29.8 Å². The fourth-order valence-corrected chi connectivity index (χ4v) is 2.33. The van der Waals surface area contributed by atoms with Crippen LogP contribution in [-0.2, 0) is 11.3 Å². The monoisotopic (exact) mass is 260 g/mol. The average Bonchev–Trinajstić information content (AvgIpc) is 2.93. The van der Waals surface area contributed by atoms with Gasteiger partial charge in [-0.1, -0.05) is 12.1 Å². The lowest BCUT2D eigenvalue weighted by Crippen LogP contribution is -2.62. The van der Waals surface area contributed by atoms with Gasteiger partial charge in [-0.15, -0.1) is 0 Å². The first-order valence-electron chi connectivity index (χ1n) is 6.01. The van der Waals surface area contributed by atoms with E-state index >= 15 is 0 Å². The molecule has 2 aromatic rings. The Bertz CT molecular complexity index is 580. The minimum absolute atomic E-state index is 0.120. The summed E-state index contributed by atoms with van der Waals surface area (Å²) in [4.78, 5) is 13.5. The lowest BCUT2D eigenvalue weighted by molar-refractivity contribution is -0.151. The number of furan rings is 1. The van der Waals surface area contributed by atoms with Gasteiger partial charge in [0.2, 0.25) is 5.91 Å². The summed E-state index contributed by atoms with van der Waals surface area (Å²) in [6.07, 6.45) is 1.56. The zero-order valence-electron chi connectivity index (χ0n) is 10.1. The van der Waals surface area contributed by atoms with Crippen LogP contribution in [0.4, 0.5) is 4.39 Å². The van der Waals surface area contributed by atoms with Crippen molar-refractivity contribution < 1.29 is 13.6 Å². The number of hydrogen-bond donors (Lipinski definition) is 1. The van der Waals surface area contributed by atoms with E-state index in [2.05, 4.69) is 0 Å². The molecule has 0 radical (unpaired) electrons. The molecule has 1 aromatic heterocycles. The molecule has 2 heterocycles. The molecule has 3 rings (SSSR count). The molecule has 5 heteroatoms. The number of hydrogen-bond acceptors (Lipinski definition) is 3. The van der Waals surface area contributed by atoms with Gasteiger partial charge in [-0.2, -0.15) is 0 Å². The summed E-state index contributed by atoms with van der Waals surface area (Å²) < 4.78 is 18.2. The van der Waals surface area contributed by atoms with E-state index in [1.807, 2.05) is 0 Å². The molecule has 0 spiro atoms. The summed E-state index contributed by atoms with van der Waals surface area (Å²) in [5, 5.41) is 0. The van der Waals surface area contributed by atoms with E-state index in [9.17, 15) is 9.18 Å². The third-order valence-corrected chi connectivity index (χ3v) is 3.35. The van der Waals surface area contributed by atoms with E-state index in [1.54, 1.807) is 35.4 Å². The highest BCUT2D eigenvalue weighted by Gasteiger charge is 2.47. The fraction of sp³-hybridized carbons (Fsp3) is 0.214. The van der Waals surface area contributed by atoms with Crippen LogP contribution >= 0.6 is 0 Å². The molecule has 0 bridgehead atoms. The fourth-order valence-electron chi connectivity index (χ4n) is 2.33. The van der Waals surface area contributed by atoms with Crippen molar-refractivity contribution in [3.8, 4) is 0 Å². The van der Waals surface area contributed by atoms with Crippen molar-refractivity contribution in [2.75, 3.05) is 0 Å². The number of likely N-dealkylation sites (tertiary alicyclic amines) is 1. The number of benzene rings is 1. The standard InChI is InChI=1S/C14H13FN2O2/c15-10-5-3-9(4-6-10)8-17-13(12(16)14(17)18)11-2-1-7-19-11/h1-7,12-13H,8,16H2/t12-,13+/m1/s1. The summed E-state index contributed by atoms with van der Waals surface area (Å²) in [5.74, 6) is 0.262. The number of carbonyl (C=O) groups is 1. The van der Waals surface area contributed by atoms with Crippen molar-refractivity contribution in [3.63, 3.8) is 0 Å². The number of nitrogens with zero attached hydrogens (tertiary/aromatic N) is 1. The van der Waals surface area contributed by atoms with Crippen LogP contribution in [0.15, 0.2) is 47.1 Å². The van der Waals surface area contributed by atoms with Crippen LogP contribution in [0.5, 0.6) is 0 Å². The molecule has 1 amide bonds. The van der Waals surface area contributed by atoms with Crippen LogP contribution in [-0.4, -0.2) is 16.8 Å².